The molecule has 1 aromatic carbocycles. The fourth-order valence-corrected chi connectivity index (χ4v) is 5.19. The average molecular weight is 430 g/mol. The fraction of sp³-hybridized carbons (Fsp3) is 0.550. The number of fused-ring (bicyclic) bond motifs is 4. The zero-order valence-corrected chi connectivity index (χ0v) is 17.8. The van der Waals surface area contributed by atoms with Crippen molar-refractivity contribution in [1.29, 1.82) is 0 Å². The van der Waals surface area contributed by atoms with Crippen molar-refractivity contribution in [2.24, 2.45) is 5.92 Å². The lowest BCUT2D eigenvalue weighted by Gasteiger charge is -2.51. The van der Waals surface area contributed by atoms with Crippen molar-refractivity contribution in [2.45, 2.75) is 18.9 Å². The summed E-state index contributed by atoms with van der Waals surface area (Å²) in [6.07, 6.45) is 4.72. The maximum absolute atomic E-state index is 6.13. The van der Waals surface area contributed by atoms with Gasteiger partial charge in [-0.2, -0.15) is 0 Å². The third-order valence-corrected chi connectivity index (χ3v) is 6.66. The van der Waals surface area contributed by atoms with E-state index in [0.29, 0.717) is 0 Å². The summed E-state index contributed by atoms with van der Waals surface area (Å²) in [4.78, 5) is 12.4. The van der Waals surface area contributed by atoms with Crippen LogP contribution in [0.2, 0.25) is 5.02 Å². The highest BCUT2D eigenvalue weighted by molar-refractivity contribution is 6.31. The molecule has 148 valence electrons. The van der Waals surface area contributed by atoms with E-state index in [4.69, 9.17) is 11.6 Å². The minimum absolute atomic E-state index is 0. The van der Waals surface area contributed by atoms with E-state index >= 15 is 0 Å². The zero-order valence-electron chi connectivity index (χ0n) is 15.4. The average Bonchev–Trinajstić information content (AvgIpc) is 2.68. The number of anilines is 1. The first-order valence-electron chi connectivity index (χ1n) is 9.53. The quantitative estimate of drug-likeness (QED) is 0.721. The van der Waals surface area contributed by atoms with Gasteiger partial charge in [-0.1, -0.05) is 11.6 Å². The molecule has 2 aromatic rings. The van der Waals surface area contributed by atoms with Crippen molar-refractivity contribution in [3.8, 4) is 0 Å². The van der Waals surface area contributed by atoms with Crippen LogP contribution < -0.4 is 4.90 Å². The number of benzene rings is 1. The van der Waals surface area contributed by atoms with Crippen LogP contribution in [0.4, 0.5) is 5.69 Å². The maximum Gasteiger partial charge on any atom is 0.0737 e. The number of pyridine rings is 1. The molecule has 4 nitrogen and oxygen atoms in total. The second kappa shape index (κ2) is 8.71. The molecule has 1 atom stereocenters. The Morgan fingerprint density at radius 3 is 2.33 bits per heavy atom. The Morgan fingerprint density at radius 2 is 1.67 bits per heavy atom. The van der Waals surface area contributed by atoms with E-state index < -0.39 is 0 Å². The molecule has 4 fully saturated rings. The number of halogens is 3. The van der Waals surface area contributed by atoms with Crippen LogP contribution in [-0.2, 0) is 0 Å². The molecule has 0 aliphatic carbocycles. The minimum atomic E-state index is 0. The van der Waals surface area contributed by atoms with Crippen LogP contribution in [0, 0.1) is 5.92 Å². The van der Waals surface area contributed by atoms with Gasteiger partial charge >= 0.3 is 0 Å². The van der Waals surface area contributed by atoms with Gasteiger partial charge in [0.25, 0.3) is 0 Å². The second-order valence-electron chi connectivity index (χ2n) is 7.72. The summed E-state index contributed by atoms with van der Waals surface area (Å²) in [6, 6.07) is 8.99. The fourth-order valence-electron chi connectivity index (χ4n) is 5.02. The van der Waals surface area contributed by atoms with E-state index in [1.165, 1.54) is 56.6 Å². The Bertz CT molecular complexity index is 771. The van der Waals surface area contributed by atoms with Crippen molar-refractivity contribution in [2.75, 3.05) is 50.7 Å². The van der Waals surface area contributed by atoms with E-state index in [1.54, 1.807) is 0 Å². The first-order chi connectivity index (χ1) is 12.3. The van der Waals surface area contributed by atoms with Gasteiger partial charge in [0, 0.05) is 61.1 Å². The van der Waals surface area contributed by atoms with Crippen molar-refractivity contribution in [1.82, 2.24) is 14.8 Å². The number of piperazine rings is 1. The summed E-state index contributed by atoms with van der Waals surface area (Å²) in [5, 5.41) is 1.97. The second-order valence-corrected chi connectivity index (χ2v) is 8.16. The Labute approximate surface area is 178 Å². The van der Waals surface area contributed by atoms with Crippen LogP contribution in [0.25, 0.3) is 10.9 Å². The number of aromatic nitrogens is 1. The first-order valence-corrected chi connectivity index (χ1v) is 9.91. The van der Waals surface area contributed by atoms with Crippen molar-refractivity contribution in [3.63, 3.8) is 0 Å². The molecule has 0 N–H and O–H groups in total. The van der Waals surface area contributed by atoms with Gasteiger partial charge < -0.3 is 9.80 Å². The van der Waals surface area contributed by atoms with Gasteiger partial charge in [-0.05, 0) is 56.1 Å². The Kier molecular flexibility index (Phi) is 6.75. The van der Waals surface area contributed by atoms with Gasteiger partial charge in [0.15, 0.2) is 0 Å². The molecule has 4 aliphatic rings. The van der Waals surface area contributed by atoms with Crippen LogP contribution in [-0.4, -0.2) is 66.6 Å². The van der Waals surface area contributed by atoms with Crippen LogP contribution in [0.1, 0.15) is 12.8 Å². The van der Waals surface area contributed by atoms with E-state index in [0.717, 1.165) is 35.6 Å². The molecule has 0 spiro atoms. The Hall–Kier alpha value is -0.780. The molecule has 1 unspecified atom stereocenters. The molecule has 27 heavy (non-hydrogen) atoms. The summed E-state index contributed by atoms with van der Waals surface area (Å²) >= 11 is 6.13. The monoisotopic (exact) mass is 428 g/mol. The lowest BCUT2D eigenvalue weighted by molar-refractivity contribution is 0.00313. The number of hydrogen-bond acceptors (Lipinski definition) is 4. The minimum Gasteiger partial charge on any atom is -0.368 e. The van der Waals surface area contributed by atoms with Crippen molar-refractivity contribution in [3.05, 3.63) is 35.5 Å². The van der Waals surface area contributed by atoms with E-state index in [-0.39, 0.29) is 24.8 Å². The van der Waals surface area contributed by atoms with Gasteiger partial charge in [-0.25, -0.2) is 0 Å². The summed E-state index contributed by atoms with van der Waals surface area (Å²) < 4.78 is 0. The van der Waals surface area contributed by atoms with Gasteiger partial charge in [0.1, 0.15) is 0 Å². The Morgan fingerprint density at radius 1 is 0.926 bits per heavy atom. The molecule has 0 radical (unpaired) electrons. The number of nitrogens with zero attached hydrogens (tertiary/aromatic N) is 4. The molecule has 6 rings (SSSR count). The summed E-state index contributed by atoms with van der Waals surface area (Å²) in [5.41, 5.74) is 2.29. The van der Waals surface area contributed by atoms with Gasteiger partial charge in [0.05, 0.1) is 5.52 Å². The molecule has 2 bridgehead atoms. The summed E-state index contributed by atoms with van der Waals surface area (Å²) in [5.74, 6) is 0.931. The standard InChI is InChI=1S/C20H25ClN4.2ClH/c21-16-1-2-17-18(13-16)22-6-3-19(17)24-9-11-25(12-10-24)20-14-23-7-4-15(20)5-8-23;;/h1-3,6,13,15,20H,4-5,7-12,14H2;2*1H. The van der Waals surface area contributed by atoms with E-state index in [9.17, 15) is 0 Å². The normalized spacial score (nSPS) is 27.9. The molecule has 0 amide bonds. The van der Waals surface area contributed by atoms with Crippen LogP contribution in [0.15, 0.2) is 30.5 Å². The van der Waals surface area contributed by atoms with Gasteiger partial charge in [-0.15, -0.1) is 24.8 Å². The predicted octanol–water partition coefficient (Wildman–Crippen LogP) is 3.95. The molecule has 4 saturated heterocycles. The molecule has 4 aliphatic heterocycles. The van der Waals surface area contributed by atoms with E-state index in [2.05, 4.69) is 31.8 Å². The van der Waals surface area contributed by atoms with Crippen molar-refractivity contribution >= 4 is 53.0 Å². The molecule has 0 saturated carbocycles. The van der Waals surface area contributed by atoms with Crippen molar-refractivity contribution < 1.29 is 0 Å². The lowest BCUT2D eigenvalue weighted by Crippen LogP contribution is -2.61. The van der Waals surface area contributed by atoms with Crippen LogP contribution in [0.5, 0.6) is 0 Å². The maximum atomic E-state index is 6.13. The summed E-state index contributed by atoms with van der Waals surface area (Å²) in [7, 11) is 0. The first kappa shape index (κ1) is 20.9. The van der Waals surface area contributed by atoms with Crippen LogP contribution >= 0.6 is 36.4 Å². The number of piperidine rings is 3. The SMILES string of the molecule is Cl.Cl.Clc1ccc2c(N3CCN(C4CN5CCC4CC5)CC3)ccnc2c1. The molecule has 5 heterocycles. The van der Waals surface area contributed by atoms with Gasteiger partial charge in [-0.3, -0.25) is 9.88 Å². The zero-order chi connectivity index (χ0) is 16.8. The Balaban J connectivity index is 0.00000105. The largest absolute Gasteiger partial charge is 0.368 e. The molecule has 1 aromatic heterocycles. The molecular weight excluding hydrogens is 403 g/mol. The smallest absolute Gasteiger partial charge is 0.0737 e. The topological polar surface area (TPSA) is 22.6 Å². The predicted molar refractivity (Wildman–Crippen MR) is 118 cm³/mol. The molecular formula is C20H27Cl3N4. The highest BCUT2D eigenvalue weighted by Crippen LogP contribution is 2.33. The number of rotatable bonds is 2. The third-order valence-electron chi connectivity index (χ3n) is 6.43. The summed E-state index contributed by atoms with van der Waals surface area (Å²) in [6.45, 7) is 8.50. The lowest BCUT2D eigenvalue weighted by atomic mass is 9.83. The van der Waals surface area contributed by atoms with Crippen LogP contribution in [0.3, 0.4) is 0 Å². The molecule has 7 heteroatoms. The highest BCUT2D eigenvalue weighted by Gasteiger charge is 2.38. The van der Waals surface area contributed by atoms with Gasteiger partial charge in [0.2, 0.25) is 0 Å². The van der Waals surface area contributed by atoms with E-state index in [1.807, 2.05) is 18.3 Å². The third kappa shape index (κ3) is 4.01. The number of hydrogen-bond donors (Lipinski definition) is 0. The highest BCUT2D eigenvalue weighted by atomic mass is 35.5.